The molecule has 0 aliphatic carbocycles. The number of carbonyl (C=O) groups is 2. The monoisotopic (exact) mass is 390 g/mol. The molecule has 1 aliphatic heterocycles. The summed E-state index contributed by atoms with van der Waals surface area (Å²) in [5.74, 6) is 1.84. The van der Waals surface area contributed by atoms with Gasteiger partial charge in [-0.3, -0.25) is 9.59 Å². The van der Waals surface area contributed by atoms with Crippen molar-refractivity contribution < 1.29 is 19.1 Å². The number of carbonyl (C=O) groups excluding carboxylic acids is 2. The van der Waals surface area contributed by atoms with E-state index in [4.69, 9.17) is 9.47 Å². The number of hydrogen-bond donors (Lipinski definition) is 1. The highest BCUT2D eigenvalue weighted by molar-refractivity contribution is 5.95. The lowest BCUT2D eigenvalue weighted by Gasteiger charge is -2.22. The third-order valence-electron chi connectivity index (χ3n) is 4.92. The van der Waals surface area contributed by atoms with Gasteiger partial charge in [-0.1, -0.05) is 13.8 Å². The molecule has 28 heavy (non-hydrogen) atoms. The van der Waals surface area contributed by atoms with Crippen LogP contribution in [-0.2, 0) is 4.79 Å². The van der Waals surface area contributed by atoms with Crippen molar-refractivity contribution in [2.75, 3.05) is 26.3 Å². The number of hydrogen-bond acceptors (Lipinski definition) is 4. The third kappa shape index (κ3) is 6.43. The summed E-state index contributed by atoms with van der Waals surface area (Å²) in [6.45, 7) is 10.7. The maximum absolute atomic E-state index is 12.7. The molecule has 1 aliphatic rings. The van der Waals surface area contributed by atoms with Gasteiger partial charge >= 0.3 is 0 Å². The van der Waals surface area contributed by atoms with E-state index >= 15 is 0 Å². The Morgan fingerprint density at radius 2 is 1.89 bits per heavy atom. The molecule has 1 aromatic rings. The van der Waals surface area contributed by atoms with Gasteiger partial charge in [0, 0.05) is 31.1 Å². The van der Waals surface area contributed by atoms with E-state index in [1.54, 1.807) is 18.2 Å². The van der Waals surface area contributed by atoms with E-state index in [2.05, 4.69) is 19.2 Å². The van der Waals surface area contributed by atoms with E-state index in [1.165, 1.54) is 0 Å². The molecule has 0 saturated carbocycles. The van der Waals surface area contributed by atoms with Crippen molar-refractivity contribution in [2.24, 2.45) is 5.92 Å². The van der Waals surface area contributed by atoms with Crippen LogP contribution in [0.3, 0.4) is 0 Å². The second-order valence-corrected chi connectivity index (χ2v) is 7.59. The van der Waals surface area contributed by atoms with Crippen LogP contribution in [0, 0.1) is 5.92 Å². The summed E-state index contributed by atoms with van der Waals surface area (Å²) < 4.78 is 11.2. The number of likely N-dealkylation sites (tertiary alicyclic amines) is 1. The number of amides is 2. The van der Waals surface area contributed by atoms with Crippen molar-refractivity contribution in [3.8, 4) is 11.5 Å². The van der Waals surface area contributed by atoms with Gasteiger partial charge in [-0.25, -0.2) is 0 Å². The molecule has 2 amide bonds. The first-order valence-electron chi connectivity index (χ1n) is 10.4. The van der Waals surface area contributed by atoms with Crippen LogP contribution in [-0.4, -0.2) is 49.1 Å². The summed E-state index contributed by atoms with van der Waals surface area (Å²) in [7, 11) is 0. The minimum Gasteiger partial charge on any atom is -0.490 e. The van der Waals surface area contributed by atoms with Gasteiger partial charge in [0.05, 0.1) is 13.2 Å². The van der Waals surface area contributed by atoms with Crippen LogP contribution in [0.1, 0.15) is 63.7 Å². The largest absolute Gasteiger partial charge is 0.490 e. The number of benzene rings is 1. The first kappa shape index (κ1) is 22.1. The molecule has 1 heterocycles. The highest BCUT2D eigenvalue weighted by Gasteiger charge is 2.24. The summed E-state index contributed by atoms with van der Waals surface area (Å²) in [4.78, 5) is 27.0. The van der Waals surface area contributed by atoms with Gasteiger partial charge in [-0.05, 0) is 57.2 Å². The molecule has 0 aromatic heterocycles. The van der Waals surface area contributed by atoms with Gasteiger partial charge in [0.2, 0.25) is 5.91 Å². The van der Waals surface area contributed by atoms with Gasteiger partial charge in [-0.2, -0.15) is 0 Å². The highest BCUT2D eigenvalue weighted by Crippen LogP contribution is 2.28. The summed E-state index contributed by atoms with van der Waals surface area (Å²) in [5, 5.41) is 3.09. The molecule has 1 fully saturated rings. The van der Waals surface area contributed by atoms with Gasteiger partial charge in [0.1, 0.15) is 0 Å². The standard InChI is InChI=1S/C22H34N2O4/c1-5-27-19-9-7-17(15-20(19)28-6-2)22(26)23-18-8-10-21(25)24(14-12-18)13-11-16(3)4/h7,9,15-16,18H,5-6,8,10-14H2,1-4H3,(H,23,26). The Morgan fingerprint density at radius 3 is 2.57 bits per heavy atom. The normalized spacial score (nSPS) is 17.4. The molecule has 0 spiro atoms. The predicted molar refractivity (Wildman–Crippen MR) is 110 cm³/mol. The molecule has 1 atom stereocenters. The first-order valence-corrected chi connectivity index (χ1v) is 10.4. The fourth-order valence-corrected chi connectivity index (χ4v) is 3.29. The van der Waals surface area contributed by atoms with Crippen LogP contribution in [0.5, 0.6) is 11.5 Å². The Morgan fingerprint density at radius 1 is 1.18 bits per heavy atom. The summed E-state index contributed by atoms with van der Waals surface area (Å²) >= 11 is 0. The fraction of sp³-hybridized carbons (Fsp3) is 0.636. The molecule has 1 aromatic carbocycles. The van der Waals surface area contributed by atoms with E-state index in [0.717, 1.165) is 19.4 Å². The Kier molecular flexibility index (Phi) is 8.61. The minimum absolute atomic E-state index is 0.00242. The topological polar surface area (TPSA) is 67.9 Å². The lowest BCUT2D eigenvalue weighted by Crippen LogP contribution is -2.36. The lowest BCUT2D eigenvalue weighted by molar-refractivity contribution is -0.130. The Bertz CT molecular complexity index is 660. The van der Waals surface area contributed by atoms with Gasteiger partial charge in [0.25, 0.3) is 5.91 Å². The van der Waals surface area contributed by atoms with E-state index in [-0.39, 0.29) is 17.9 Å². The van der Waals surface area contributed by atoms with Crippen molar-refractivity contribution in [3.63, 3.8) is 0 Å². The Hall–Kier alpha value is -2.24. The third-order valence-corrected chi connectivity index (χ3v) is 4.92. The zero-order valence-corrected chi connectivity index (χ0v) is 17.6. The molecule has 2 rings (SSSR count). The number of rotatable bonds is 9. The van der Waals surface area contributed by atoms with Crippen molar-refractivity contribution in [2.45, 2.75) is 59.4 Å². The second kappa shape index (κ2) is 10.9. The smallest absolute Gasteiger partial charge is 0.251 e. The molecule has 6 heteroatoms. The van der Waals surface area contributed by atoms with Crippen LogP contribution < -0.4 is 14.8 Å². The van der Waals surface area contributed by atoms with Crippen LogP contribution >= 0.6 is 0 Å². The maximum atomic E-state index is 12.7. The van der Waals surface area contributed by atoms with Gasteiger partial charge < -0.3 is 19.7 Å². The quantitative estimate of drug-likeness (QED) is 0.699. The van der Waals surface area contributed by atoms with Gasteiger partial charge in [0.15, 0.2) is 11.5 Å². The van der Waals surface area contributed by atoms with E-state index in [1.807, 2.05) is 18.7 Å². The van der Waals surface area contributed by atoms with Crippen LogP contribution in [0.25, 0.3) is 0 Å². The Labute approximate surface area is 168 Å². The molecule has 1 unspecified atom stereocenters. The zero-order chi connectivity index (χ0) is 20.5. The average Bonchev–Trinajstić information content (AvgIpc) is 2.83. The Balaban J connectivity index is 1.98. The summed E-state index contributed by atoms with van der Waals surface area (Å²) in [6.07, 6.45) is 2.95. The average molecular weight is 391 g/mol. The van der Waals surface area contributed by atoms with E-state index in [9.17, 15) is 9.59 Å². The predicted octanol–water partition coefficient (Wildman–Crippen LogP) is 3.64. The zero-order valence-electron chi connectivity index (χ0n) is 17.6. The molecular weight excluding hydrogens is 356 g/mol. The SMILES string of the molecule is CCOc1ccc(C(=O)NC2CCC(=O)N(CCC(C)C)CC2)cc1OCC. The lowest BCUT2D eigenvalue weighted by atomic mass is 10.1. The van der Waals surface area contributed by atoms with E-state index < -0.39 is 0 Å². The van der Waals surface area contributed by atoms with Crippen LogP contribution in [0.2, 0.25) is 0 Å². The van der Waals surface area contributed by atoms with Crippen molar-refractivity contribution in [3.05, 3.63) is 23.8 Å². The van der Waals surface area contributed by atoms with E-state index in [0.29, 0.717) is 55.6 Å². The number of ether oxygens (including phenoxy) is 2. The molecule has 0 radical (unpaired) electrons. The molecule has 156 valence electrons. The van der Waals surface area contributed by atoms with Crippen molar-refractivity contribution >= 4 is 11.8 Å². The molecule has 6 nitrogen and oxygen atoms in total. The van der Waals surface area contributed by atoms with Crippen molar-refractivity contribution in [1.29, 1.82) is 0 Å². The van der Waals surface area contributed by atoms with Crippen LogP contribution in [0.15, 0.2) is 18.2 Å². The molecule has 1 saturated heterocycles. The highest BCUT2D eigenvalue weighted by atomic mass is 16.5. The molecule has 0 bridgehead atoms. The number of nitrogens with one attached hydrogen (secondary N) is 1. The first-order chi connectivity index (χ1) is 13.4. The maximum Gasteiger partial charge on any atom is 0.251 e. The fourth-order valence-electron chi connectivity index (χ4n) is 3.29. The summed E-state index contributed by atoms with van der Waals surface area (Å²) in [5.41, 5.74) is 0.541. The van der Waals surface area contributed by atoms with Gasteiger partial charge in [-0.15, -0.1) is 0 Å². The summed E-state index contributed by atoms with van der Waals surface area (Å²) in [6, 6.07) is 5.25. The van der Waals surface area contributed by atoms with Crippen LogP contribution in [0.4, 0.5) is 0 Å². The minimum atomic E-state index is -0.142. The van der Waals surface area contributed by atoms with Crippen molar-refractivity contribution in [1.82, 2.24) is 10.2 Å². The molecular formula is C22H34N2O4. The molecule has 1 N–H and O–H groups in total. The number of nitrogens with zero attached hydrogens (tertiary/aromatic N) is 1. The second-order valence-electron chi connectivity index (χ2n) is 7.59.